The van der Waals surface area contributed by atoms with Gasteiger partial charge in [0.25, 0.3) is 0 Å². The van der Waals surface area contributed by atoms with Crippen LogP contribution in [0.2, 0.25) is 0 Å². The molecular weight excluding hydrogens is 286 g/mol. The van der Waals surface area contributed by atoms with E-state index in [1.165, 1.54) is 0 Å². The first-order valence-electron chi connectivity index (χ1n) is 5.40. The second kappa shape index (κ2) is 4.66. The van der Waals surface area contributed by atoms with Crippen molar-refractivity contribution >= 4 is 27.7 Å². The molecule has 1 saturated heterocycles. The van der Waals surface area contributed by atoms with Crippen LogP contribution in [0.4, 0.5) is 10.5 Å². The number of carbonyl (C=O) groups excluding carboxylic acids is 1. The van der Waals surface area contributed by atoms with E-state index in [1.807, 2.05) is 31.2 Å². The van der Waals surface area contributed by atoms with Crippen molar-refractivity contribution in [1.82, 2.24) is 0 Å². The molecule has 1 N–H and O–H groups in total. The predicted molar refractivity (Wildman–Crippen MR) is 68.1 cm³/mol. The largest absolute Gasteiger partial charge is 0.447 e. The van der Waals surface area contributed by atoms with Gasteiger partial charge >= 0.3 is 6.09 Å². The third kappa shape index (κ3) is 2.30. The number of hydrogen-bond acceptors (Lipinski definition) is 3. The monoisotopic (exact) mass is 299 g/mol. The number of cyclic esters (lactones) is 1. The molecule has 0 aromatic heterocycles. The lowest BCUT2D eigenvalue weighted by atomic mass is 9.97. The summed E-state index contributed by atoms with van der Waals surface area (Å²) in [6.45, 7) is 2.24. The molecule has 17 heavy (non-hydrogen) atoms. The maximum atomic E-state index is 11.8. The average molecular weight is 300 g/mol. The van der Waals surface area contributed by atoms with Crippen molar-refractivity contribution in [1.29, 1.82) is 0 Å². The van der Waals surface area contributed by atoms with Crippen molar-refractivity contribution in [2.75, 3.05) is 18.1 Å². The summed E-state index contributed by atoms with van der Waals surface area (Å²) in [5, 5.41) is 9.09. The van der Waals surface area contributed by atoms with E-state index < -0.39 is 5.54 Å². The molecule has 2 rings (SSSR count). The maximum Gasteiger partial charge on any atom is 0.415 e. The molecular formula is C12H14BrNO3. The number of nitrogens with zero attached hydrogens (tertiary/aromatic N) is 1. The highest BCUT2D eigenvalue weighted by Crippen LogP contribution is 2.34. The Morgan fingerprint density at radius 1 is 1.59 bits per heavy atom. The molecule has 4 nitrogen and oxygen atoms in total. The number of benzene rings is 1. The van der Waals surface area contributed by atoms with Crippen LogP contribution in [0.5, 0.6) is 0 Å². The van der Waals surface area contributed by atoms with Crippen LogP contribution in [0.25, 0.3) is 0 Å². The lowest BCUT2D eigenvalue weighted by Crippen LogP contribution is -2.45. The van der Waals surface area contributed by atoms with Crippen LogP contribution < -0.4 is 4.90 Å². The molecule has 92 valence electrons. The molecule has 0 saturated carbocycles. The topological polar surface area (TPSA) is 49.8 Å². The zero-order valence-corrected chi connectivity index (χ0v) is 11.1. The number of carbonyl (C=O) groups is 1. The summed E-state index contributed by atoms with van der Waals surface area (Å²) in [6, 6.07) is 7.48. The Kier molecular flexibility index (Phi) is 3.40. The van der Waals surface area contributed by atoms with Crippen LogP contribution in [0.3, 0.4) is 0 Å². The number of ether oxygens (including phenoxy) is 1. The number of rotatable bonds is 3. The highest BCUT2D eigenvalue weighted by Gasteiger charge is 2.44. The molecule has 0 spiro atoms. The molecule has 1 aromatic rings. The molecule has 1 aromatic carbocycles. The first-order chi connectivity index (χ1) is 8.07. The molecule has 0 bridgehead atoms. The molecule has 5 heteroatoms. The lowest BCUT2D eigenvalue weighted by Gasteiger charge is -2.31. The Bertz CT molecular complexity index is 438. The predicted octanol–water partition coefficient (Wildman–Crippen LogP) is 2.55. The fraction of sp³-hybridized carbons (Fsp3) is 0.417. The summed E-state index contributed by atoms with van der Waals surface area (Å²) in [4.78, 5) is 13.4. The van der Waals surface area contributed by atoms with Crippen molar-refractivity contribution in [2.45, 2.75) is 18.9 Å². The highest BCUT2D eigenvalue weighted by molar-refractivity contribution is 9.10. The third-order valence-corrected chi connectivity index (χ3v) is 3.44. The normalized spacial score (nSPS) is 23.9. The van der Waals surface area contributed by atoms with Crippen molar-refractivity contribution in [2.24, 2.45) is 0 Å². The minimum Gasteiger partial charge on any atom is -0.447 e. The minimum absolute atomic E-state index is 0.0254. The minimum atomic E-state index is -0.480. The van der Waals surface area contributed by atoms with Gasteiger partial charge in [-0.25, -0.2) is 4.79 Å². The Morgan fingerprint density at radius 3 is 3.00 bits per heavy atom. The van der Waals surface area contributed by atoms with Crippen molar-refractivity contribution in [3.63, 3.8) is 0 Å². The van der Waals surface area contributed by atoms with E-state index in [9.17, 15) is 4.79 Å². The fourth-order valence-electron chi connectivity index (χ4n) is 2.02. The number of anilines is 1. The van der Waals surface area contributed by atoms with Gasteiger partial charge in [-0.1, -0.05) is 22.0 Å². The van der Waals surface area contributed by atoms with Crippen LogP contribution in [0.1, 0.15) is 13.3 Å². The molecule has 0 radical (unpaired) electrons. The van der Waals surface area contributed by atoms with Crippen molar-refractivity contribution < 1.29 is 14.6 Å². The van der Waals surface area contributed by atoms with E-state index in [0.29, 0.717) is 13.0 Å². The van der Waals surface area contributed by atoms with Gasteiger partial charge in [0.05, 0.1) is 5.54 Å². The number of amides is 1. The first-order valence-corrected chi connectivity index (χ1v) is 6.19. The Morgan fingerprint density at radius 2 is 2.35 bits per heavy atom. The third-order valence-electron chi connectivity index (χ3n) is 2.95. The maximum absolute atomic E-state index is 11.8. The summed E-state index contributed by atoms with van der Waals surface area (Å²) in [7, 11) is 0. The van der Waals surface area contributed by atoms with Gasteiger partial charge in [-0.05, 0) is 31.5 Å². The Balaban J connectivity index is 2.37. The number of hydrogen-bond donors (Lipinski definition) is 1. The zero-order valence-electron chi connectivity index (χ0n) is 9.52. The van der Waals surface area contributed by atoms with E-state index in [0.717, 1.165) is 10.2 Å². The zero-order chi connectivity index (χ0) is 12.5. The highest BCUT2D eigenvalue weighted by atomic mass is 79.9. The van der Waals surface area contributed by atoms with E-state index in [1.54, 1.807) is 4.90 Å². The smallest absolute Gasteiger partial charge is 0.415 e. The van der Waals surface area contributed by atoms with Gasteiger partial charge in [0, 0.05) is 16.8 Å². The molecule has 0 aliphatic carbocycles. The SMILES string of the molecule is CC1(CCO)COC(=O)N1c1cccc(Br)c1. The average Bonchev–Trinajstić information content (AvgIpc) is 2.55. The standard InChI is InChI=1S/C12H14BrNO3/c1-12(5-6-15)8-17-11(16)14(12)10-4-2-3-9(13)7-10/h2-4,7,15H,5-6,8H2,1H3. The summed E-state index contributed by atoms with van der Waals surface area (Å²) in [6.07, 6.45) is 0.129. The number of aliphatic hydroxyl groups excluding tert-OH is 1. The Hall–Kier alpha value is -1.07. The molecule has 1 heterocycles. The number of halogens is 1. The van der Waals surface area contributed by atoms with E-state index in [2.05, 4.69) is 15.9 Å². The molecule has 1 fully saturated rings. The van der Waals surface area contributed by atoms with Crippen molar-refractivity contribution in [3.05, 3.63) is 28.7 Å². The summed E-state index contributed by atoms with van der Waals surface area (Å²) >= 11 is 3.38. The summed E-state index contributed by atoms with van der Waals surface area (Å²) in [5.74, 6) is 0. The van der Waals surface area contributed by atoms with E-state index in [-0.39, 0.29) is 12.7 Å². The van der Waals surface area contributed by atoms with Crippen LogP contribution in [0.15, 0.2) is 28.7 Å². The van der Waals surface area contributed by atoms with Crippen LogP contribution in [-0.4, -0.2) is 30.0 Å². The molecule has 1 aliphatic heterocycles. The molecule has 1 amide bonds. The van der Waals surface area contributed by atoms with Gasteiger partial charge in [0.2, 0.25) is 0 Å². The van der Waals surface area contributed by atoms with E-state index in [4.69, 9.17) is 9.84 Å². The molecule has 1 atom stereocenters. The summed E-state index contributed by atoms with van der Waals surface area (Å²) in [5.41, 5.74) is 0.296. The fourth-order valence-corrected chi connectivity index (χ4v) is 2.41. The molecule has 1 aliphatic rings. The number of aliphatic hydroxyl groups is 1. The summed E-state index contributed by atoms with van der Waals surface area (Å²) < 4.78 is 5.99. The second-order valence-electron chi connectivity index (χ2n) is 4.34. The Labute approximate surface area is 108 Å². The van der Waals surface area contributed by atoms with Gasteiger partial charge in [-0.2, -0.15) is 0 Å². The van der Waals surface area contributed by atoms with Crippen LogP contribution >= 0.6 is 15.9 Å². The van der Waals surface area contributed by atoms with Gasteiger partial charge in [-0.15, -0.1) is 0 Å². The van der Waals surface area contributed by atoms with Gasteiger partial charge in [0.1, 0.15) is 6.61 Å². The van der Waals surface area contributed by atoms with Crippen molar-refractivity contribution in [3.8, 4) is 0 Å². The van der Waals surface area contributed by atoms with Crippen LogP contribution in [0, 0.1) is 0 Å². The van der Waals surface area contributed by atoms with Crippen LogP contribution in [-0.2, 0) is 4.74 Å². The van der Waals surface area contributed by atoms with E-state index >= 15 is 0 Å². The molecule has 1 unspecified atom stereocenters. The van der Waals surface area contributed by atoms with Gasteiger partial charge in [0.15, 0.2) is 0 Å². The second-order valence-corrected chi connectivity index (χ2v) is 5.26. The first kappa shape index (κ1) is 12.4. The lowest BCUT2D eigenvalue weighted by molar-refractivity contribution is 0.167. The van der Waals surface area contributed by atoms with Gasteiger partial charge in [-0.3, -0.25) is 4.90 Å². The van der Waals surface area contributed by atoms with Gasteiger partial charge < -0.3 is 9.84 Å². The quantitative estimate of drug-likeness (QED) is 0.933.